The Labute approximate surface area is 188 Å². The standard InChI is InChI=1S/C25H29N3O4/c1-5-12-28-24(16-10-11-19(20(13-16)31-4)32-14-15(2)3)21-22(26-27-23(21)25(28)30)17-8-6-7-9-18(17)29/h6-11,13,15,24,29H,5,12,14H2,1-4H3,(H,26,27)/t24-/m0/s1. The number of para-hydroxylation sites is 1. The van der Waals surface area contributed by atoms with Crippen LogP contribution in [-0.2, 0) is 0 Å². The summed E-state index contributed by atoms with van der Waals surface area (Å²) < 4.78 is 11.5. The number of carbonyl (C=O) groups is 1. The average molecular weight is 436 g/mol. The molecule has 0 saturated heterocycles. The maximum atomic E-state index is 13.2. The average Bonchev–Trinajstić information content (AvgIpc) is 3.32. The van der Waals surface area contributed by atoms with Gasteiger partial charge in [-0.25, -0.2) is 0 Å². The zero-order valence-electron chi connectivity index (χ0n) is 18.9. The first-order chi connectivity index (χ1) is 15.5. The molecule has 0 bridgehead atoms. The van der Waals surface area contributed by atoms with E-state index >= 15 is 0 Å². The van der Waals surface area contributed by atoms with Gasteiger partial charge in [-0.15, -0.1) is 0 Å². The van der Waals surface area contributed by atoms with Crippen LogP contribution in [0.2, 0.25) is 0 Å². The van der Waals surface area contributed by atoms with Crippen LogP contribution in [0.4, 0.5) is 0 Å². The van der Waals surface area contributed by atoms with Crippen molar-refractivity contribution >= 4 is 5.91 Å². The molecule has 7 nitrogen and oxygen atoms in total. The SMILES string of the molecule is CCCN1C(=O)c2[nH]nc(-c3ccccc3O)c2[C@@H]1c1ccc(OCC(C)C)c(OC)c1. The summed E-state index contributed by atoms with van der Waals surface area (Å²) in [5.74, 6) is 1.70. The van der Waals surface area contributed by atoms with Gasteiger partial charge in [0.2, 0.25) is 0 Å². The van der Waals surface area contributed by atoms with E-state index in [0.717, 1.165) is 17.5 Å². The van der Waals surface area contributed by atoms with Gasteiger partial charge in [0.25, 0.3) is 5.91 Å². The van der Waals surface area contributed by atoms with Crippen molar-refractivity contribution in [1.29, 1.82) is 0 Å². The lowest BCUT2D eigenvalue weighted by Gasteiger charge is -2.26. The maximum Gasteiger partial charge on any atom is 0.273 e. The van der Waals surface area contributed by atoms with Crippen LogP contribution in [0.25, 0.3) is 11.3 Å². The number of benzene rings is 2. The van der Waals surface area contributed by atoms with Crippen molar-refractivity contribution in [2.75, 3.05) is 20.3 Å². The van der Waals surface area contributed by atoms with Crippen molar-refractivity contribution in [1.82, 2.24) is 15.1 Å². The van der Waals surface area contributed by atoms with Gasteiger partial charge in [-0.05, 0) is 42.2 Å². The van der Waals surface area contributed by atoms with Gasteiger partial charge < -0.3 is 19.5 Å². The number of phenolic OH excluding ortho intramolecular Hbond substituents is 1. The van der Waals surface area contributed by atoms with Crippen LogP contribution in [0.15, 0.2) is 42.5 Å². The van der Waals surface area contributed by atoms with Crippen molar-refractivity contribution in [2.45, 2.75) is 33.2 Å². The van der Waals surface area contributed by atoms with E-state index in [9.17, 15) is 9.90 Å². The van der Waals surface area contributed by atoms with Crippen LogP contribution in [0.5, 0.6) is 17.2 Å². The predicted octanol–water partition coefficient (Wildman–Crippen LogP) is 4.78. The highest BCUT2D eigenvalue weighted by Gasteiger charge is 2.42. The van der Waals surface area contributed by atoms with Crippen LogP contribution in [0, 0.1) is 5.92 Å². The van der Waals surface area contributed by atoms with Gasteiger partial charge >= 0.3 is 0 Å². The first-order valence-corrected chi connectivity index (χ1v) is 10.9. The second kappa shape index (κ2) is 8.94. The Hall–Kier alpha value is -3.48. The summed E-state index contributed by atoms with van der Waals surface area (Å²) in [7, 11) is 1.61. The van der Waals surface area contributed by atoms with Crippen LogP contribution < -0.4 is 9.47 Å². The molecule has 1 atom stereocenters. The number of aromatic nitrogens is 2. The summed E-state index contributed by atoms with van der Waals surface area (Å²) in [4.78, 5) is 15.1. The Bertz CT molecular complexity index is 1120. The molecule has 0 unspecified atom stereocenters. The number of carbonyl (C=O) groups excluding carboxylic acids is 1. The molecule has 0 saturated carbocycles. The van der Waals surface area contributed by atoms with Gasteiger partial charge in [-0.1, -0.05) is 39.0 Å². The van der Waals surface area contributed by atoms with Gasteiger partial charge in [0.15, 0.2) is 11.5 Å². The van der Waals surface area contributed by atoms with Crippen molar-refractivity contribution in [2.24, 2.45) is 5.92 Å². The number of ether oxygens (including phenoxy) is 2. The summed E-state index contributed by atoms with van der Waals surface area (Å²) in [6.07, 6.45) is 0.818. The van der Waals surface area contributed by atoms with Crippen molar-refractivity contribution in [3.8, 4) is 28.5 Å². The van der Waals surface area contributed by atoms with E-state index in [1.807, 2.05) is 36.1 Å². The molecule has 1 aromatic heterocycles. The minimum atomic E-state index is -0.348. The second-order valence-corrected chi connectivity index (χ2v) is 8.39. The molecular weight excluding hydrogens is 406 g/mol. The number of nitrogens with zero attached hydrogens (tertiary/aromatic N) is 2. The van der Waals surface area contributed by atoms with Gasteiger partial charge in [-0.2, -0.15) is 5.10 Å². The molecule has 1 aliphatic rings. The van der Waals surface area contributed by atoms with E-state index in [2.05, 4.69) is 24.0 Å². The number of aromatic hydroxyl groups is 1. The molecule has 1 amide bonds. The van der Waals surface area contributed by atoms with Crippen molar-refractivity contribution in [3.05, 3.63) is 59.3 Å². The number of phenols is 1. The zero-order valence-corrected chi connectivity index (χ0v) is 18.9. The first kappa shape index (κ1) is 21.7. The molecule has 2 N–H and O–H groups in total. The topological polar surface area (TPSA) is 87.7 Å². The van der Waals surface area contributed by atoms with Crippen LogP contribution in [0.1, 0.15) is 54.8 Å². The minimum absolute atomic E-state index is 0.0971. The molecule has 7 heteroatoms. The van der Waals surface area contributed by atoms with E-state index < -0.39 is 0 Å². The monoisotopic (exact) mass is 435 g/mol. The molecule has 0 spiro atoms. The Balaban J connectivity index is 1.82. The lowest BCUT2D eigenvalue weighted by atomic mass is 9.95. The van der Waals surface area contributed by atoms with E-state index in [0.29, 0.717) is 47.5 Å². The van der Waals surface area contributed by atoms with E-state index in [-0.39, 0.29) is 17.7 Å². The van der Waals surface area contributed by atoms with Gasteiger partial charge in [0, 0.05) is 17.7 Å². The fourth-order valence-electron chi connectivity index (χ4n) is 4.12. The van der Waals surface area contributed by atoms with E-state index in [1.165, 1.54) is 0 Å². The first-order valence-electron chi connectivity index (χ1n) is 10.9. The number of rotatable bonds is 8. The van der Waals surface area contributed by atoms with Gasteiger partial charge in [0.05, 0.1) is 19.8 Å². The smallest absolute Gasteiger partial charge is 0.273 e. The Morgan fingerprint density at radius 2 is 1.97 bits per heavy atom. The Kier molecular flexibility index (Phi) is 6.08. The third-order valence-corrected chi connectivity index (χ3v) is 5.56. The van der Waals surface area contributed by atoms with E-state index in [1.54, 1.807) is 25.3 Å². The van der Waals surface area contributed by atoms with Crippen LogP contribution in [-0.4, -0.2) is 46.4 Å². The minimum Gasteiger partial charge on any atom is -0.507 e. The summed E-state index contributed by atoms with van der Waals surface area (Å²) >= 11 is 0. The number of H-pyrrole nitrogens is 1. The largest absolute Gasteiger partial charge is 0.507 e. The Morgan fingerprint density at radius 1 is 1.19 bits per heavy atom. The molecule has 32 heavy (non-hydrogen) atoms. The molecule has 0 radical (unpaired) electrons. The number of nitrogens with one attached hydrogen (secondary N) is 1. The maximum absolute atomic E-state index is 13.2. The quantitative estimate of drug-likeness (QED) is 0.532. The lowest BCUT2D eigenvalue weighted by Crippen LogP contribution is -2.30. The number of methoxy groups -OCH3 is 1. The highest BCUT2D eigenvalue weighted by molar-refractivity contribution is 6.00. The molecule has 168 valence electrons. The normalized spacial score (nSPS) is 15.3. The lowest BCUT2D eigenvalue weighted by molar-refractivity contribution is 0.0743. The summed E-state index contributed by atoms with van der Waals surface area (Å²) in [5, 5.41) is 17.8. The van der Waals surface area contributed by atoms with Crippen LogP contribution in [0.3, 0.4) is 0 Å². The highest BCUT2D eigenvalue weighted by Crippen LogP contribution is 2.45. The summed E-state index contributed by atoms with van der Waals surface area (Å²) in [6, 6.07) is 12.5. The number of hydrogen-bond donors (Lipinski definition) is 2. The Morgan fingerprint density at radius 3 is 2.66 bits per heavy atom. The highest BCUT2D eigenvalue weighted by atomic mass is 16.5. The molecule has 2 aromatic carbocycles. The third kappa shape index (κ3) is 3.79. The summed E-state index contributed by atoms with van der Waals surface area (Å²) in [5.41, 5.74) is 3.29. The molecule has 0 aliphatic carbocycles. The van der Waals surface area contributed by atoms with Crippen LogP contribution >= 0.6 is 0 Å². The van der Waals surface area contributed by atoms with Gasteiger partial charge in [-0.3, -0.25) is 9.89 Å². The zero-order chi connectivity index (χ0) is 22.8. The van der Waals surface area contributed by atoms with Crippen molar-refractivity contribution in [3.63, 3.8) is 0 Å². The number of fused-ring (bicyclic) bond motifs is 1. The predicted molar refractivity (Wildman–Crippen MR) is 122 cm³/mol. The molecular formula is C25H29N3O4. The molecule has 4 rings (SSSR count). The summed E-state index contributed by atoms with van der Waals surface area (Å²) in [6.45, 7) is 7.41. The number of hydrogen-bond acceptors (Lipinski definition) is 5. The molecule has 3 aromatic rings. The third-order valence-electron chi connectivity index (χ3n) is 5.56. The van der Waals surface area contributed by atoms with E-state index in [4.69, 9.17) is 9.47 Å². The van der Waals surface area contributed by atoms with Crippen molar-refractivity contribution < 1.29 is 19.4 Å². The number of amides is 1. The fourth-order valence-corrected chi connectivity index (χ4v) is 4.12. The van der Waals surface area contributed by atoms with Gasteiger partial charge in [0.1, 0.15) is 17.1 Å². The molecule has 1 aliphatic heterocycles. The number of aromatic amines is 1. The second-order valence-electron chi connectivity index (χ2n) is 8.39. The molecule has 0 fully saturated rings. The fraction of sp³-hybridized carbons (Fsp3) is 0.360. The molecule has 2 heterocycles.